The first kappa shape index (κ1) is 8.24. The van der Waals surface area contributed by atoms with Crippen LogP contribution in [0.5, 0.6) is 0 Å². The molecule has 1 aromatic heterocycles. The van der Waals surface area contributed by atoms with Crippen LogP contribution in [0.1, 0.15) is 45.3 Å². The first-order valence-electron chi connectivity index (χ1n) is 4.07. The van der Waals surface area contributed by atoms with E-state index in [9.17, 15) is 0 Å². The first-order valence-corrected chi connectivity index (χ1v) is 4.07. The number of rotatable bonds is 2. The molecule has 0 saturated heterocycles. The Balaban J connectivity index is 2.82. The molecule has 3 heteroatoms. The lowest BCUT2D eigenvalue weighted by atomic mass is 10.2. The second kappa shape index (κ2) is 3.03. The van der Waals surface area contributed by atoms with Gasteiger partial charge in [-0.05, 0) is 13.8 Å². The molecule has 0 aromatic carbocycles. The maximum atomic E-state index is 4.17. The van der Waals surface area contributed by atoms with Gasteiger partial charge in [-0.25, -0.2) is 0 Å². The SMILES string of the molecule is CC(C)c1c[n+](C(C)C)[nH]n1. The fourth-order valence-corrected chi connectivity index (χ4v) is 0.858. The average molecular weight is 154 g/mol. The highest BCUT2D eigenvalue weighted by Crippen LogP contribution is 2.07. The minimum absolute atomic E-state index is 0.468. The molecule has 1 aromatic rings. The van der Waals surface area contributed by atoms with Gasteiger partial charge in [0.2, 0.25) is 5.69 Å². The fourth-order valence-electron chi connectivity index (χ4n) is 0.858. The lowest BCUT2D eigenvalue weighted by Gasteiger charge is -1.94. The number of H-pyrrole nitrogens is 1. The molecule has 0 saturated carbocycles. The molecule has 0 unspecified atom stereocenters. The molecule has 1 heterocycles. The highest BCUT2D eigenvalue weighted by atomic mass is 15.4. The number of aromatic nitrogens is 3. The Kier molecular flexibility index (Phi) is 2.27. The van der Waals surface area contributed by atoms with Gasteiger partial charge < -0.3 is 0 Å². The van der Waals surface area contributed by atoms with Crippen LogP contribution in [0.25, 0.3) is 0 Å². The van der Waals surface area contributed by atoms with Crippen molar-refractivity contribution in [2.45, 2.75) is 39.7 Å². The van der Waals surface area contributed by atoms with Gasteiger partial charge in [0.05, 0.1) is 0 Å². The van der Waals surface area contributed by atoms with Crippen molar-refractivity contribution in [2.75, 3.05) is 0 Å². The minimum Gasteiger partial charge on any atom is -0.160 e. The second-order valence-electron chi connectivity index (χ2n) is 3.42. The molecule has 0 bridgehead atoms. The molecular weight excluding hydrogens is 138 g/mol. The van der Waals surface area contributed by atoms with Gasteiger partial charge in [-0.2, -0.15) is 4.68 Å². The molecule has 0 aliphatic carbocycles. The van der Waals surface area contributed by atoms with Crippen molar-refractivity contribution in [3.63, 3.8) is 0 Å². The zero-order valence-electron chi connectivity index (χ0n) is 7.63. The van der Waals surface area contributed by atoms with Crippen LogP contribution in [0.2, 0.25) is 0 Å². The molecule has 0 fully saturated rings. The molecule has 11 heavy (non-hydrogen) atoms. The summed E-state index contributed by atoms with van der Waals surface area (Å²) in [5, 5.41) is 7.13. The third-order valence-electron chi connectivity index (χ3n) is 1.71. The first-order chi connectivity index (χ1) is 5.11. The van der Waals surface area contributed by atoms with E-state index in [1.54, 1.807) is 0 Å². The van der Waals surface area contributed by atoms with Crippen LogP contribution in [0.3, 0.4) is 0 Å². The van der Waals surface area contributed by atoms with Crippen molar-refractivity contribution >= 4 is 0 Å². The van der Waals surface area contributed by atoms with Crippen LogP contribution in [0.4, 0.5) is 0 Å². The Hall–Kier alpha value is -0.860. The molecule has 1 N–H and O–H groups in total. The van der Waals surface area contributed by atoms with E-state index in [-0.39, 0.29) is 0 Å². The topological polar surface area (TPSA) is 32.6 Å². The standard InChI is InChI=1S/C8H15N3/c1-6(2)8-5-11(7(3)4)10-9-8/h5-7H,1-4H3/p+1. The smallest absolute Gasteiger partial charge is 0.160 e. The van der Waals surface area contributed by atoms with E-state index in [0.717, 1.165) is 5.69 Å². The third kappa shape index (κ3) is 1.79. The van der Waals surface area contributed by atoms with E-state index in [1.165, 1.54) is 0 Å². The van der Waals surface area contributed by atoms with Crippen LogP contribution in [0.15, 0.2) is 6.20 Å². The van der Waals surface area contributed by atoms with E-state index >= 15 is 0 Å². The number of hydrogen-bond donors (Lipinski definition) is 1. The third-order valence-corrected chi connectivity index (χ3v) is 1.71. The zero-order chi connectivity index (χ0) is 8.43. The molecule has 0 spiro atoms. The Labute approximate surface area is 67.4 Å². The summed E-state index contributed by atoms with van der Waals surface area (Å²) < 4.78 is 2.01. The van der Waals surface area contributed by atoms with Gasteiger partial charge in [0.1, 0.15) is 6.04 Å². The van der Waals surface area contributed by atoms with Gasteiger partial charge in [-0.3, -0.25) is 0 Å². The second-order valence-corrected chi connectivity index (χ2v) is 3.42. The summed E-state index contributed by atoms with van der Waals surface area (Å²) in [6, 6.07) is 0.468. The average Bonchev–Trinajstić information content (AvgIpc) is 2.33. The van der Waals surface area contributed by atoms with E-state index in [1.807, 2.05) is 4.68 Å². The Morgan fingerprint density at radius 1 is 1.36 bits per heavy atom. The number of aromatic amines is 1. The van der Waals surface area contributed by atoms with Crippen molar-refractivity contribution in [3.8, 4) is 0 Å². The molecule has 0 amide bonds. The summed E-state index contributed by atoms with van der Waals surface area (Å²) in [4.78, 5) is 0. The van der Waals surface area contributed by atoms with Crippen LogP contribution in [-0.4, -0.2) is 10.3 Å². The predicted octanol–water partition coefficient (Wildman–Crippen LogP) is 1.40. The lowest BCUT2D eigenvalue weighted by molar-refractivity contribution is -0.771. The van der Waals surface area contributed by atoms with E-state index in [2.05, 4.69) is 44.2 Å². The van der Waals surface area contributed by atoms with Crippen molar-refractivity contribution < 1.29 is 4.68 Å². The monoisotopic (exact) mass is 154 g/mol. The van der Waals surface area contributed by atoms with Crippen molar-refractivity contribution in [2.24, 2.45) is 0 Å². The summed E-state index contributed by atoms with van der Waals surface area (Å²) in [5.74, 6) is 0.506. The highest BCUT2D eigenvalue weighted by molar-refractivity contribution is 4.93. The van der Waals surface area contributed by atoms with Gasteiger partial charge >= 0.3 is 0 Å². The van der Waals surface area contributed by atoms with E-state index in [0.29, 0.717) is 12.0 Å². The van der Waals surface area contributed by atoms with Crippen molar-refractivity contribution in [1.82, 2.24) is 10.3 Å². The molecular formula is C8H16N3+. The quantitative estimate of drug-likeness (QED) is 0.642. The molecule has 1 rings (SSSR count). The number of hydrogen-bond acceptors (Lipinski definition) is 1. The highest BCUT2D eigenvalue weighted by Gasteiger charge is 2.13. The van der Waals surface area contributed by atoms with Crippen LogP contribution in [0, 0.1) is 0 Å². The van der Waals surface area contributed by atoms with Crippen LogP contribution < -0.4 is 4.68 Å². The van der Waals surface area contributed by atoms with Crippen molar-refractivity contribution in [3.05, 3.63) is 11.9 Å². The number of nitrogens with zero attached hydrogens (tertiary/aromatic N) is 2. The van der Waals surface area contributed by atoms with Crippen LogP contribution in [-0.2, 0) is 0 Å². The maximum absolute atomic E-state index is 4.17. The summed E-state index contributed by atoms with van der Waals surface area (Å²) in [6.45, 7) is 8.53. The minimum atomic E-state index is 0.468. The van der Waals surface area contributed by atoms with Gasteiger partial charge in [0.25, 0.3) is 0 Å². The number of nitrogens with one attached hydrogen (secondary N) is 1. The Bertz CT molecular complexity index is 202. The molecule has 62 valence electrons. The largest absolute Gasteiger partial charge is 0.220 e. The predicted molar refractivity (Wildman–Crippen MR) is 43.3 cm³/mol. The van der Waals surface area contributed by atoms with E-state index in [4.69, 9.17) is 0 Å². The lowest BCUT2D eigenvalue weighted by Crippen LogP contribution is -2.37. The molecule has 0 aliphatic heterocycles. The maximum Gasteiger partial charge on any atom is 0.220 e. The van der Waals surface area contributed by atoms with Crippen LogP contribution >= 0.6 is 0 Å². The summed E-state index contributed by atoms with van der Waals surface area (Å²) in [7, 11) is 0. The van der Waals surface area contributed by atoms with Gasteiger partial charge in [-0.1, -0.05) is 19.1 Å². The van der Waals surface area contributed by atoms with E-state index < -0.39 is 0 Å². The molecule has 0 aliphatic rings. The molecule has 0 atom stereocenters. The molecule has 0 radical (unpaired) electrons. The zero-order valence-corrected chi connectivity index (χ0v) is 7.63. The Morgan fingerprint density at radius 2 is 2.00 bits per heavy atom. The molecule has 3 nitrogen and oxygen atoms in total. The summed E-state index contributed by atoms with van der Waals surface area (Å²) in [5.41, 5.74) is 1.12. The van der Waals surface area contributed by atoms with Gasteiger partial charge in [0.15, 0.2) is 6.20 Å². The Morgan fingerprint density at radius 3 is 2.27 bits per heavy atom. The van der Waals surface area contributed by atoms with Gasteiger partial charge in [0, 0.05) is 11.0 Å². The van der Waals surface area contributed by atoms with Gasteiger partial charge in [-0.15, -0.1) is 0 Å². The normalized spacial score (nSPS) is 11.5. The summed E-state index contributed by atoms with van der Waals surface area (Å²) >= 11 is 0. The summed E-state index contributed by atoms with van der Waals surface area (Å²) in [6.07, 6.45) is 2.06. The fraction of sp³-hybridized carbons (Fsp3) is 0.750. The van der Waals surface area contributed by atoms with Crippen molar-refractivity contribution in [1.29, 1.82) is 0 Å².